The van der Waals surface area contributed by atoms with Crippen LogP contribution in [0.3, 0.4) is 0 Å². The molecule has 3 N–H and O–H groups in total. The molecule has 5 aromatic heterocycles. The first-order chi connectivity index (χ1) is 17.1. The van der Waals surface area contributed by atoms with E-state index in [0.717, 1.165) is 66.4 Å². The van der Waals surface area contributed by atoms with Gasteiger partial charge in [-0.15, -0.1) is 11.3 Å². The quantitative estimate of drug-likeness (QED) is 0.265. The van der Waals surface area contributed by atoms with Crippen molar-refractivity contribution in [3.05, 3.63) is 72.1 Å². The monoisotopic (exact) mass is 482 g/mol. The lowest BCUT2D eigenvalue weighted by Crippen LogP contribution is -2.09. The van der Waals surface area contributed by atoms with Gasteiger partial charge in [0.25, 0.3) is 0 Å². The molecule has 0 aliphatic rings. The number of pyridine rings is 2. The number of thiophene rings is 1. The van der Waals surface area contributed by atoms with Gasteiger partial charge in [-0.2, -0.15) is 9.49 Å². The molecular weight excluding hydrogens is 463 g/mol. The maximum Gasteiger partial charge on any atom is 0.224 e. The smallest absolute Gasteiger partial charge is 0.224 e. The zero-order valence-corrected chi connectivity index (χ0v) is 19.4. The Morgan fingerprint density at radius 1 is 0.971 bits per heavy atom. The first-order valence-corrected chi connectivity index (χ1v) is 11.9. The van der Waals surface area contributed by atoms with E-state index >= 15 is 0 Å². The van der Waals surface area contributed by atoms with Gasteiger partial charge in [0.05, 0.1) is 27.5 Å². The molecule has 0 bridgehead atoms. The molecule has 35 heavy (non-hydrogen) atoms. The zero-order valence-electron chi connectivity index (χ0n) is 18.6. The molecular formula is C26H19FN6OS. The summed E-state index contributed by atoms with van der Waals surface area (Å²) in [6.45, 7) is 1.81. The number of aromatic nitrogens is 5. The van der Waals surface area contributed by atoms with E-state index in [-0.39, 0.29) is 11.0 Å². The lowest BCUT2D eigenvalue weighted by Gasteiger charge is -2.06. The molecule has 0 aliphatic heterocycles. The summed E-state index contributed by atoms with van der Waals surface area (Å²) in [7, 11) is 0. The van der Waals surface area contributed by atoms with Crippen LogP contribution in [0.25, 0.3) is 55.0 Å². The lowest BCUT2D eigenvalue weighted by atomic mass is 10.1. The van der Waals surface area contributed by atoms with E-state index in [1.165, 1.54) is 6.07 Å². The molecule has 6 aromatic rings. The highest BCUT2D eigenvalue weighted by atomic mass is 32.1. The SMILES string of the molecule is CCC(=O)Nc1ccnc(-c2ccc3[nH]nc(-c4cc5c(-c6ccc(F)s6)nccc5[nH]4)c3c2)c1. The van der Waals surface area contributed by atoms with Gasteiger partial charge < -0.3 is 10.3 Å². The van der Waals surface area contributed by atoms with E-state index in [4.69, 9.17) is 0 Å². The highest BCUT2D eigenvalue weighted by Gasteiger charge is 2.16. The highest BCUT2D eigenvalue weighted by molar-refractivity contribution is 7.13. The number of amides is 1. The van der Waals surface area contributed by atoms with Gasteiger partial charge in [0.1, 0.15) is 5.69 Å². The van der Waals surface area contributed by atoms with Gasteiger partial charge >= 0.3 is 0 Å². The summed E-state index contributed by atoms with van der Waals surface area (Å²) in [5.41, 5.74) is 6.45. The largest absolute Gasteiger partial charge is 0.353 e. The van der Waals surface area contributed by atoms with E-state index in [2.05, 4.69) is 30.5 Å². The second-order valence-corrected chi connectivity index (χ2v) is 9.11. The minimum atomic E-state index is -0.243. The number of fused-ring (bicyclic) bond motifs is 2. The fourth-order valence-corrected chi connectivity index (χ4v) is 4.86. The molecule has 0 aliphatic carbocycles. The molecule has 6 rings (SSSR count). The van der Waals surface area contributed by atoms with Crippen LogP contribution in [0, 0.1) is 5.13 Å². The third-order valence-electron chi connectivity index (χ3n) is 5.83. The molecule has 1 amide bonds. The van der Waals surface area contributed by atoms with E-state index in [1.807, 2.05) is 43.3 Å². The third kappa shape index (κ3) is 3.85. The predicted molar refractivity (Wildman–Crippen MR) is 137 cm³/mol. The minimum Gasteiger partial charge on any atom is -0.353 e. The van der Waals surface area contributed by atoms with Crippen LogP contribution in [0.2, 0.25) is 0 Å². The summed E-state index contributed by atoms with van der Waals surface area (Å²) in [5, 5.41) is 12.1. The molecule has 9 heteroatoms. The van der Waals surface area contributed by atoms with Crippen LogP contribution in [0.15, 0.2) is 67.0 Å². The van der Waals surface area contributed by atoms with Gasteiger partial charge in [-0.25, -0.2) is 0 Å². The van der Waals surface area contributed by atoms with E-state index in [9.17, 15) is 9.18 Å². The van der Waals surface area contributed by atoms with Gasteiger partial charge in [-0.05, 0) is 48.5 Å². The molecule has 0 saturated carbocycles. The first-order valence-electron chi connectivity index (χ1n) is 11.1. The van der Waals surface area contributed by atoms with Crippen LogP contribution >= 0.6 is 11.3 Å². The number of benzene rings is 1. The van der Waals surface area contributed by atoms with Gasteiger partial charge in [0.2, 0.25) is 5.91 Å². The fourth-order valence-electron chi connectivity index (χ4n) is 4.11. The van der Waals surface area contributed by atoms with E-state index in [0.29, 0.717) is 12.1 Å². The summed E-state index contributed by atoms with van der Waals surface area (Å²) in [4.78, 5) is 25.0. The van der Waals surface area contributed by atoms with Crippen LogP contribution in [-0.2, 0) is 4.79 Å². The number of rotatable bonds is 5. The van der Waals surface area contributed by atoms with Crippen molar-refractivity contribution in [3.8, 4) is 33.2 Å². The van der Waals surface area contributed by atoms with Gasteiger partial charge in [0.15, 0.2) is 5.13 Å². The molecule has 0 radical (unpaired) electrons. The number of nitrogens with one attached hydrogen (secondary N) is 3. The second kappa shape index (κ2) is 8.44. The molecule has 172 valence electrons. The number of H-pyrrole nitrogens is 2. The number of hydrogen-bond donors (Lipinski definition) is 3. The standard InChI is InChI=1S/C26H19FN6OS/c1-2-24(34)30-15-7-9-28-20(12-15)14-3-4-19-16(11-14)25(33-32-19)21-13-17-18(31-21)8-10-29-26(17)22-5-6-23(27)35-22/h3-13,31H,2H2,1H3,(H,32,33)(H,28,30,34). The van der Waals surface area contributed by atoms with Crippen molar-refractivity contribution in [2.24, 2.45) is 0 Å². The average Bonchev–Trinajstić information content (AvgIpc) is 3.61. The van der Waals surface area contributed by atoms with Gasteiger partial charge in [-0.3, -0.25) is 19.9 Å². The van der Waals surface area contributed by atoms with E-state index < -0.39 is 0 Å². The van der Waals surface area contributed by atoms with Crippen LogP contribution in [0.1, 0.15) is 13.3 Å². The third-order valence-corrected chi connectivity index (χ3v) is 6.71. The topological polar surface area (TPSA) is 99.3 Å². The van der Waals surface area contributed by atoms with Crippen molar-refractivity contribution in [3.63, 3.8) is 0 Å². The van der Waals surface area contributed by atoms with Crippen LogP contribution in [0.4, 0.5) is 10.1 Å². The maximum atomic E-state index is 13.6. The van der Waals surface area contributed by atoms with Crippen molar-refractivity contribution in [1.29, 1.82) is 0 Å². The predicted octanol–water partition coefficient (Wildman–Crippen LogP) is 6.38. The molecule has 0 atom stereocenters. The Hall–Kier alpha value is -4.37. The Morgan fingerprint density at radius 2 is 1.83 bits per heavy atom. The molecule has 0 fully saturated rings. The highest BCUT2D eigenvalue weighted by Crippen LogP contribution is 2.36. The van der Waals surface area contributed by atoms with Crippen molar-refractivity contribution >= 4 is 44.7 Å². The summed E-state index contributed by atoms with van der Waals surface area (Å²) in [5.74, 6) is -0.0484. The number of halogens is 1. The zero-order chi connectivity index (χ0) is 23.9. The molecule has 0 spiro atoms. The van der Waals surface area contributed by atoms with Crippen LogP contribution < -0.4 is 5.32 Å². The Morgan fingerprint density at radius 3 is 2.66 bits per heavy atom. The average molecular weight is 483 g/mol. The number of carbonyl (C=O) groups excluding carboxylic acids is 1. The van der Waals surface area contributed by atoms with Crippen LogP contribution in [0.5, 0.6) is 0 Å². The number of carbonyl (C=O) groups is 1. The van der Waals surface area contributed by atoms with Crippen molar-refractivity contribution in [1.82, 2.24) is 25.1 Å². The fraction of sp³-hybridized carbons (Fsp3) is 0.0769. The molecule has 7 nitrogen and oxygen atoms in total. The van der Waals surface area contributed by atoms with Crippen LogP contribution in [-0.4, -0.2) is 31.1 Å². The Labute approximate surface area is 203 Å². The Balaban J connectivity index is 1.43. The minimum absolute atomic E-state index is 0.0484. The molecule has 1 aromatic carbocycles. The number of hydrogen-bond acceptors (Lipinski definition) is 5. The van der Waals surface area contributed by atoms with Crippen molar-refractivity contribution < 1.29 is 9.18 Å². The Bertz CT molecular complexity index is 1720. The molecule has 0 unspecified atom stereocenters. The Kier molecular flexibility index (Phi) is 5.11. The summed E-state index contributed by atoms with van der Waals surface area (Å²) < 4.78 is 13.6. The lowest BCUT2D eigenvalue weighted by molar-refractivity contribution is -0.115. The van der Waals surface area contributed by atoms with Crippen molar-refractivity contribution in [2.75, 3.05) is 5.32 Å². The number of anilines is 1. The molecule has 0 saturated heterocycles. The number of aromatic amines is 2. The maximum absolute atomic E-state index is 13.6. The summed E-state index contributed by atoms with van der Waals surface area (Å²) in [6.07, 6.45) is 3.80. The summed E-state index contributed by atoms with van der Waals surface area (Å²) in [6, 6.07) is 16.7. The first kappa shape index (κ1) is 21.2. The van der Waals surface area contributed by atoms with Gasteiger partial charge in [0, 0.05) is 46.4 Å². The normalized spacial score (nSPS) is 11.4. The van der Waals surface area contributed by atoms with Crippen molar-refractivity contribution in [2.45, 2.75) is 13.3 Å². The van der Waals surface area contributed by atoms with Gasteiger partial charge in [-0.1, -0.05) is 13.0 Å². The summed E-state index contributed by atoms with van der Waals surface area (Å²) >= 11 is 1.07. The van der Waals surface area contributed by atoms with E-state index in [1.54, 1.807) is 24.5 Å². The second-order valence-electron chi connectivity index (χ2n) is 8.07. The molecule has 5 heterocycles. The number of nitrogens with zero attached hydrogens (tertiary/aromatic N) is 3.